The van der Waals surface area contributed by atoms with Gasteiger partial charge < -0.3 is 15.0 Å². The van der Waals surface area contributed by atoms with Gasteiger partial charge in [0.05, 0.1) is 27.9 Å². The van der Waals surface area contributed by atoms with Crippen molar-refractivity contribution in [1.29, 1.82) is 0 Å². The van der Waals surface area contributed by atoms with Crippen LogP contribution in [0.1, 0.15) is 10.8 Å². The Morgan fingerprint density at radius 3 is 2.73 bits per heavy atom. The van der Waals surface area contributed by atoms with Crippen molar-refractivity contribution in [2.24, 2.45) is 0 Å². The lowest BCUT2D eigenvalue weighted by atomic mass is 10.3. The van der Waals surface area contributed by atoms with Crippen LogP contribution in [0.3, 0.4) is 0 Å². The predicted octanol–water partition coefficient (Wildman–Crippen LogP) is 3.05. The number of amides is 1. The monoisotopic (exact) mass is 366 g/mol. The zero-order chi connectivity index (χ0) is 17.8. The maximum Gasteiger partial charge on any atom is 0.246 e. The second-order valence-electron chi connectivity index (χ2n) is 5.87. The highest BCUT2D eigenvalue weighted by molar-refractivity contribution is 7.18. The van der Waals surface area contributed by atoms with Gasteiger partial charge >= 0.3 is 0 Å². The Morgan fingerprint density at radius 2 is 1.88 bits per heavy atom. The van der Waals surface area contributed by atoms with Crippen LogP contribution in [0, 0.1) is 0 Å². The number of ether oxygens (including phenoxy) is 1. The summed E-state index contributed by atoms with van der Waals surface area (Å²) in [4.78, 5) is 24.1. The fourth-order valence-electron chi connectivity index (χ4n) is 2.71. The zero-order valence-electron chi connectivity index (χ0n) is 14.1. The molecule has 0 aliphatic carbocycles. The fourth-order valence-corrected chi connectivity index (χ4v) is 3.61. The van der Waals surface area contributed by atoms with E-state index in [-0.39, 0.29) is 12.5 Å². The number of aromatic amines is 1. The molecule has 0 saturated carbocycles. The number of nitrogens with one attached hydrogen (secondary N) is 2. The number of para-hydroxylation sites is 3. The van der Waals surface area contributed by atoms with Crippen LogP contribution in [-0.2, 0) is 22.6 Å². The number of aromatic nitrogens is 3. The van der Waals surface area contributed by atoms with E-state index in [2.05, 4.69) is 20.3 Å². The number of fused-ring (bicyclic) bond motifs is 2. The van der Waals surface area contributed by atoms with Gasteiger partial charge in [-0.25, -0.2) is 9.97 Å². The molecule has 2 aromatic carbocycles. The van der Waals surface area contributed by atoms with E-state index in [0.717, 1.165) is 32.1 Å². The highest BCUT2D eigenvalue weighted by Gasteiger charge is 2.07. The number of nitrogens with zero attached hydrogens (tertiary/aromatic N) is 2. The molecule has 0 atom stereocenters. The Kier molecular flexibility index (Phi) is 4.90. The number of rotatable bonds is 7. The number of thiazole rings is 1. The molecule has 2 N–H and O–H groups in total. The Bertz CT molecular complexity index is 892. The highest BCUT2D eigenvalue weighted by atomic mass is 32.1. The summed E-state index contributed by atoms with van der Waals surface area (Å²) in [6.07, 6.45) is 0.651. The van der Waals surface area contributed by atoms with Gasteiger partial charge in [-0.05, 0) is 24.3 Å². The molecule has 2 aromatic heterocycles. The minimum Gasteiger partial charge on any atom is -0.364 e. The van der Waals surface area contributed by atoms with E-state index in [1.165, 1.54) is 0 Å². The van der Waals surface area contributed by atoms with Gasteiger partial charge in [-0.3, -0.25) is 4.79 Å². The minimum absolute atomic E-state index is 0.0239. The maximum atomic E-state index is 11.9. The van der Waals surface area contributed by atoms with Gasteiger partial charge in [0.2, 0.25) is 5.91 Å². The van der Waals surface area contributed by atoms with E-state index in [0.29, 0.717) is 19.6 Å². The first-order valence-electron chi connectivity index (χ1n) is 8.40. The third-order valence-corrected chi connectivity index (χ3v) is 4.93. The molecule has 26 heavy (non-hydrogen) atoms. The van der Waals surface area contributed by atoms with Crippen molar-refractivity contribution in [3.63, 3.8) is 0 Å². The lowest BCUT2D eigenvalue weighted by Gasteiger charge is -2.04. The molecule has 0 bridgehead atoms. The van der Waals surface area contributed by atoms with Crippen LogP contribution < -0.4 is 5.32 Å². The average Bonchev–Trinajstić information content (AvgIpc) is 3.24. The van der Waals surface area contributed by atoms with Crippen LogP contribution in [0.25, 0.3) is 21.3 Å². The second kappa shape index (κ2) is 7.63. The Balaban J connectivity index is 1.20. The van der Waals surface area contributed by atoms with Gasteiger partial charge in [0.15, 0.2) is 0 Å². The number of hydrogen-bond donors (Lipinski definition) is 2. The number of benzene rings is 2. The number of carbonyl (C=O) groups is 1. The van der Waals surface area contributed by atoms with Gasteiger partial charge in [0, 0.05) is 13.0 Å². The van der Waals surface area contributed by atoms with Crippen molar-refractivity contribution < 1.29 is 9.53 Å². The number of carbonyl (C=O) groups excluding carboxylic acids is 1. The molecule has 4 rings (SSSR count). The lowest BCUT2D eigenvalue weighted by Crippen LogP contribution is -2.29. The maximum absolute atomic E-state index is 11.9. The summed E-state index contributed by atoms with van der Waals surface area (Å²) >= 11 is 1.59. The van der Waals surface area contributed by atoms with Crippen LogP contribution in [0.15, 0.2) is 48.5 Å². The summed E-state index contributed by atoms with van der Waals surface area (Å²) in [5.74, 6) is 0.726. The molecule has 0 unspecified atom stereocenters. The zero-order valence-corrected chi connectivity index (χ0v) is 14.9. The third-order valence-electron chi connectivity index (χ3n) is 3.92. The van der Waals surface area contributed by atoms with Crippen molar-refractivity contribution in [3.8, 4) is 0 Å². The molecule has 7 heteroatoms. The van der Waals surface area contributed by atoms with Crippen LogP contribution in [0.2, 0.25) is 0 Å². The fraction of sp³-hybridized carbons (Fsp3) is 0.211. The van der Waals surface area contributed by atoms with Crippen LogP contribution >= 0.6 is 11.3 Å². The van der Waals surface area contributed by atoms with Gasteiger partial charge in [-0.2, -0.15) is 0 Å². The second-order valence-corrected chi connectivity index (χ2v) is 6.98. The molecular formula is C19H18N4O2S. The topological polar surface area (TPSA) is 79.9 Å². The first-order chi connectivity index (χ1) is 12.8. The van der Waals surface area contributed by atoms with Crippen molar-refractivity contribution >= 4 is 38.5 Å². The van der Waals surface area contributed by atoms with Crippen molar-refractivity contribution in [2.75, 3.05) is 13.2 Å². The van der Waals surface area contributed by atoms with E-state index in [4.69, 9.17) is 4.74 Å². The Labute approximate surface area is 154 Å². The smallest absolute Gasteiger partial charge is 0.246 e. The number of hydrogen-bond acceptors (Lipinski definition) is 5. The van der Waals surface area contributed by atoms with Crippen LogP contribution in [0.4, 0.5) is 0 Å². The first kappa shape index (κ1) is 16.7. The molecule has 6 nitrogen and oxygen atoms in total. The summed E-state index contributed by atoms with van der Waals surface area (Å²) < 4.78 is 6.60. The van der Waals surface area contributed by atoms with Gasteiger partial charge in [0.1, 0.15) is 17.4 Å². The first-order valence-corrected chi connectivity index (χ1v) is 9.22. The van der Waals surface area contributed by atoms with Gasteiger partial charge in [-0.15, -0.1) is 11.3 Å². The van der Waals surface area contributed by atoms with Crippen LogP contribution in [-0.4, -0.2) is 34.0 Å². The van der Waals surface area contributed by atoms with Gasteiger partial charge in [-0.1, -0.05) is 24.3 Å². The lowest BCUT2D eigenvalue weighted by molar-refractivity contribution is -0.126. The quantitative estimate of drug-likeness (QED) is 0.527. The molecule has 1 amide bonds. The van der Waals surface area contributed by atoms with E-state index >= 15 is 0 Å². The summed E-state index contributed by atoms with van der Waals surface area (Å²) in [7, 11) is 0. The summed E-state index contributed by atoms with van der Waals surface area (Å²) in [6.45, 7) is 0.884. The van der Waals surface area contributed by atoms with E-state index < -0.39 is 0 Å². The highest BCUT2D eigenvalue weighted by Crippen LogP contribution is 2.21. The summed E-state index contributed by atoms with van der Waals surface area (Å²) in [5, 5.41) is 3.72. The summed E-state index contributed by atoms with van der Waals surface area (Å²) in [5.41, 5.74) is 2.91. The molecule has 0 spiro atoms. The number of imidazole rings is 1. The minimum atomic E-state index is -0.137. The van der Waals surface area contributed by atoms with Crippen molar-refractivity contribution in [1.82, 2.24) is 20.3 Å². The molecule has 132 valence electrons. The standard InChI is InChI=1S/C19H18N4O2S/c24-18(11-25-12-19-23-15-7-3-4-8-16(15)26-19)20-10-9-17-21-13-5-1-2-6-14(13)22-17/h1-8H,9-12H2,(H,20,24)(H,21,22). The van der Waals surface area contributed by atoms with Crippen molar-refractivity contribution in [2.45, 2.75) is 13.0 Å². The van der Waals surface area contributed by atoms with E-state index in [1.54, 1.807) is 11.3 Å². The Hall–Kier alpha value is -2.77. The third kappa shape index (κ3) is 3.89. The number of H-pyrrole nitrogens is 1. The molecule has 0 radical (unpaired) electrons. The molecule has 0 saturated heterocycles. The van der Waals surface area contributed by atoms with Crippen LogP contribution in [0.5, 0.6) is 0 Å². The average molecular weight is 366 g/mol. The molecular weight excluding hydrogens is 348 g/mol. The molecule has 0 aliphatic heterocycles. The molecule has 0 fully saturated rings. The summed E-state index contributed by atoms with van der Waals surface area (Å²) in [6, 6.07) is 15.8. The van der Waals surface area contributed by atoms with E-state index in [9.17, 15) is 4.79 Å². The normalized spacial score (nSPS) is 11.2. The van der Waals surface area contributed by atoms with E-state index in [1.807, 2.05) is 48.5 Å². The predicted molar refractivity (Wildman–Crippen MR) is 102 cm³/mol. The Morgan fingerprint density at radius 1 is 1.08 bits per heavy atom. The molecule has 0 aliphatic rings. The molecule has 4 aromatic rings. The SMILES string of the molecule is O=C(COCc1nc2ccccc2s1)NCCc1nc2ccccc2[nH]1. The van der Waals surface area contributed by atoms with Gasteiger partial charge in [0.25, 0.3) is 0 Å². The van der Waals surface area contributed by atoms with Crippen molar-refractivity contribution in [3.05, 3.63) is 59.4 Å². The molecule has 2 heterocycles. The largest absolute Gasteiger partial charge is 0.364 e.